The highest BCUT2D eigenvalue weighted by Crippen LogP contribution is 2.41. The van der Waals surface area contributed by atoms with Crippen molar-refractivity contribution in [3.63, 3.8) is 0 Å². The van der Waals surface area contributed by atoms with Crippen LogP contribution in [0.3, 0.4) is 0 Å². The number of nitrogens with one attached hydrogen (secondary N) is 3. The number of hydrogen-bond acceptors (Lipinski definition) is 7. The number of aliphatic imine (C=N–C) groups is 1. The van der Waals surface area contributed by atoms with Crippen molar-refractivity contribution in [2.45, 2.75) is 141 Å². The van der Waals surface area contributed by atoms with Crippen LogP contribution in [0.15, 0.2) is 161 Å². The fraction of sp³-hybridized carbons (Fsp3) is 0.510. The molecule has 4 aliphatic heterocycles. The van der Waals surface area contributed by atoms with Gasteiger partial charge in [-0.3, -0.25) is 14.4 Å². The van der Waals surface area contributed by atoms with Gasteiger partial charge in [0.1, 0.15) is 0 Å². The van der Waals surface area contributed by atoms with Gasteiger partial charge in [0.05, 0.1) is 217 Å². The van der Waals surface area contributed by atoms with Gasteiger partial charge in [-0.1, -0.05) is 78.9 Å². The molecule has 20 nitrogen and oxygen atoms in total. The smallest absolute Gasteiger partial charge is 0.737 e. The first kappa shape index (κ1) is 116. The van der Waals surface area contributed by atoms with E-state index in [1.54, 1.807) is 7.11 Å². The fourth-order valence-corrected chi connectivity index (χ4v) is 15.2. The number of halogens is 9. The van der Waals surface area contributed by atoms with Crippen molar-refractivity contribution in [1.29, 1.82) is 0 Å². The Morgan fingerprint density at radius 1 is 0.567 bits per heavy atom. The number of allylic oxidation sites excluding steroid dienone is 4. The Kier molecular flexibility index (Phi) is 50.4. The number of carboxylic acids is 2. The highest BCUT2D eigenvalue weighted by molar-refractivity contribution is 6.58. The summed E-state index contributed by atoms with van der Waals surface area (Å²) in [4.78, 5) is 49.0. The zero-order valence-corrected chi connectivity index (χ0v) is 85.0. The van der Waals surface area contributed by atoms with E-state index < -0.39 is 18.9 Å². The van der Waals surface area contributed by atoms with Crippen molar-refractivity contribution in [3.05, 3.63) is 218 Å². The normalized spacial score (nSPS) is 14.7. The number of ether oxygens (including phenoxy) is 3. The number of methoxy groups -OCH3 is 1. The number of aliphatic carboxylic acids is 2. The minimum Gasteiger partial charge on any atom is -1.00 e. The molecule has 11 rings (SSSR count). The average Bonchev–Trinajstić information content (AvgIpc) is 1.56. The molecule has 0 bridgehead atoms. The van der Waals surface area contributed by atoms with Gasteiger partial charge in [-0.25, -0.2) is 4.99 Å². The van der Waals surface area contributed by atoms with Crippen LogP contribution in [-0.4, -0.2) is 297 Å². The molecular formula is C96H146B2Cl2F5I2N12O8+2. The summed E-state index contributed by atoms with van der Waals surface area (Å²) in [6.07, 6.45) is 25.6. The number of quaternary nitrogens is 6. The third-order valence-electron chi connectivity index (χ3n) is 21.4. The van der Waals surface area contributed by atoms with Crippen LogP contribution in [0.5, 0.6) is 5.88 Å². The van der Waals surface area contributed by atoms with Crippen LogP contribution in [0.4, 0.5) is 22.1 Å². The van der Waals surface area contributed by atoms with E-state index in [2.05, 4.69) is 227 Å². The Bertz CT molecular complexity index is 4660. The molecule has 7 aromatic rings. The summed E-state index contributed by atoms with van der Waals surface area (Å²) in [5, 5.41) is 18.5. The van der Waals surface area contributed by atoms with Crippen molar-refractivity contribution in [2.75, 3.05) is 186 Å². The van der Waals surface area contributed by atoms with Gasteiger partial charge in [0.2, 0.25) is 0 Å². The standard InChI is InChI=1S/C30H42BF2N4O2.C30H42N4O2.C17H25N2O.C15H27N2O2.C4H7BFO.2ClH.F2.2HI/c1-36(2,3)18-10-14-24-20-26(16-17-30(38)39)34-28(24)22-29-25(15-11-19-37(4,5)6)21-27(35(29)31(34,32)33)23-12-8-7-9-13-23;1-33(2,3)18-10-14-24-20-26(16-17-30(35)36)31-28(24)22-29-25(15-11-19-34(4,5)6)21-27(32-29)23-12-8-7-9-13-23;1-19(2,3)12-8-11-15-13-16(18-17(15)20-4)14-9-6-5-7-10-14;1-5-19-15(18)9-8-14-11-13(12-16-14)7-6-10-17(2,3)4;6-5-4-2-1-3-7-4;;;1-2;;/h7-9,12-13,20-22H,10-11,14-19H2,1-6H3;7-9,12-13,20-22H,10-11,14-19H2,1-6H3;5-7,9-10,13,18H,8,11-12H2,1-4H3;11-12,16H,5-10H2,1-4H3;4H,1-3H2;2*1H;;2*1H/q+1;;2*+1;;;;;;/p-1. The zero-order chi connectivity index (χ0) is 90.9. The zero-order valence-electron chi connectivity index (χ0n) is 79.2. The number of aryl methyl sites for hydroxylation is 7. The largest absolute Gasteiger partial charge is 1.00 e. The molecule has 8 heterocycles. The van der Waals surface area contributed by atoms with Crippen molar-refractivity contribution in [3.8, 4) is 17.1 Å². The molecule has 0 aliphatic carbocycles. The van der Waals surface area contributed by atoms with Gasteiger partial charge in [-0.05, 0) is 160 Å². The quantitative estimate of drug-likeness (QED) is 0.0121. The number of hydrogen-bond donors (Lipinski definition) is 5. The van der Waals surface area contributed by atoms with Crippen LogP contribution in [0.2, 0.25) is 0 Å². The lowest BCUT2D eigenvalue weighted by atomic mass is 9.88. The summed E-state index contributed by atoms with van der Waals surface area (Å²) in [6, 6.07) is 38.2. The Hall–Kier alpha value is -7.17. The molecule has 705 valence electrons. The highest BCUT2D eigenvalue weighted by Gasteiger charge is 2.55. The third kappa shape index (κ3) is 41.9. The van der Waals surface area contributed by atoms with E-state index in [0.29, 0.717) is 62.6 Å². The number of fused-ring (bicyclic) bond motifs is 2. The summed E-state index contributed by atoms with van der Waals surface area (Å²) < 4.78 is 84.1. The van der Waals surface area contributed by atoms with Crippen molar-refractivity contribution < 1.29 is 165 Å². The molecule has 0 amide bonds. The number of aromatic amines is 3. The lowest BCUT2D eigenvalue weighted by Gasteiger charge is -2.32. The minimum atomic E-state index is -4.24. The van der Waals surface area contributed by atoms with Crippen LogP contribution < -0.4 is 77.5 Å². The van der Waals surface area contributed by atoms with E-state index >= 15 is 8.63 Å². The summed E-state index contributed by atoms with van der Waals surface area (Å²) in [5.74, 6) is -0.987. The molecule has 1 radical (unpaired) electrons. The van der Waals surface area contributed by atoms with E-state index in [4.69, 9.17) is 33.5 Å². The Morgan fingerprint density at radius 2 is 1.04 bits per heavy atom. The molecule has 31 heteroatoms. The van der Waals surface area contributed by atoms with E-state index in [-0.39, 0.29) is 104 Å². The van der Waals surface area contributed by atoms with Crippen LogP contribution in [-0.2, 0) is 68.8 Å². The number of H-pyrrole nitrogens is 3. The number of esters is 1. The second-order valence-corrected chi connectivity index (χ2v) is 38.7. The number of rotatable bonds is 40. The van der Waals surface area contributed by atoms with E-state index in [1.807, 2.05) is 67.6 Å². The predicted octanol–water partition coefficient (Wildman–Crippen LogP) is 4.62. The summed E-state index contributed by atoms with van der Waals surface area (Å²) in [7, 11) is 41.8. The van der Waals surface area contributed by atoms with Crippen molar-refractivity contribution >= 4 is 56.0 Å². The number of carboxylic acid groups (broad SMARTS) is 2. The lowest BCUT2D eigenvalue weighted by Crippen LogP contribution is -3.00. The van der Waals surface area contributed by atoms with Crippen molar-refractivity contribution in [1.82, 2.24) is 19.4 Å². The van der Waals surface area contributed by atoms with E-state index in [0.717, 1.165) is 210 Å². The SMILES string of the molecule is CCOC(=O)CCc1cc(CCC[N+](C)(C)C)c[nH]1.COc1[nH]c(-c2ccccc2)cc1CCC[N+](C)(C)C.C[N+](C)(C)CCCC1=CC(c2ccccc2)=NC1=Cc1[nH]c(CCC(=O)O)cc1CCC[N+](C)(C)C.C[N+](C)(C)CCCC1=CC(c2ccccc2)=[N+]2C1=Cc1c(CCC[N+](C)(C)C)cc(CCC(=O)O)n1[B-]2(F)F.FF.F[B]C1CCCO1.[Cl-].[Cl-].[I-].[I-]. The van der Waals surface area contributed by atoms with Gasteiger partial charge in [-0.2, -0.15) is 0 Å². The third-order valence-corrected chi connectivity index (χ3v) is 21.4. The van der Waals surface area contributed by atoms with Crippen molar-refractivity contribution in [2.24, 2.45) is 4.99 Å². The number of benzene rings is 3. The van der Waals surface area contributed by atoms with Gasteiger partial charge in [0, 0.05) is 123 Å². The number of carbonyl (C=O) groups excluding carboxylic acids is 1. The molecule has 3 aromatic carbocycles. The predicted molar refractivity (Wildman–Crippen MR) is 492 cm³/mol. The second kappa shape index (κ2) is 55.2. The first-order chi connectivity index (χ1) is 57.9. The average molecular weight is 2040 g/mol. The molecule has 4 aliphatic rings. The Morgan fingerprint density at radius 3 is 1.52 bits per heavy atom. The number of carbonyl (C=O) groups is 3. The fourth-order valence-electron chi connectivity index (χ4n) is 15.2. The minimum absolute atomic E-state index is 0. The molecule has 1 fully saturated rings. The first-order valence-corrected chi connectivity index (χ1v) is 43.7. The topological polar surface area (TPSA) is 187 Å². The van der Waals surface area contributed by atoms with Crippen LogP contribution in [0, 0.1) is 0 Å². The highest BCUT2D eigenvalue weighted by atomic mass is 127. The maximum atomic E-state index is 16.8. The number of nitrogens with zero attached hydrogens (tertiary/aromatic N) is 9. The summed E-state index contributed by atoms with van der Waals surface area (Å²) >= 11 is 0. The molecule has 1 unspecified atom stereocenters. The van der Waals surface area contributed by atoms with Gasteiger partial charge < -0.3 is 161 Å². The summed E-state index contributed by atoms with van der Waals surface area (Å²) in [5.41, 5.74) is 18.3. The van der Waals surface area contributed by atoms with E-state index in [9.17, 15) is 23.8 Å². The van der Waals surface area contributed by atoms with E-state index in [1.165, 1.54) is 45.3 Å². The Balaban J connectivity index is 0.000000569. The van der Waals surface area contributed by atoms with Crippen LogP contribution in [0.1, 0.15) is 152 Å². The van der Waals surface area contributed by atoms with Gasteiger partial charge in [0.15, 0.2) is 17.3 Å². The maximum absolute atomic E-state index is 16.8. The molecule has 127 heavy (non-hydrogen) atoms. The van der Waals surface area contributed by atoms with Gasteiger partial charge >= 0.3 is 32.4 Å². The monoisotopic (exact) mass is 2040 g/mol. The Labute approximate surface area is 802 Å². The molecular weight excluding hydrogens is 1890 g/mol. The van der Waals surface area contributed by atoms with Crippen LogP contribution >= 0.6 is 0 Å². The molecule has 0 spiro atoms. The first-order valence-electron chi connectivity index (χ1n) is 43.7. The van der Waals surface area contributed by atoms with Gasteiger partial charge in [0.25, 0.3) is 0 Å². The number of aromatic nitrogens is 4. The van der Waals surface area contributed by atoms with Gasteiger partial charge in [-0.15, -0.1) is 0 Å². The summed E-state index contributed by atoms with van der Waals surface area (Å²) in [6.45, 7) is 5.16. The maximum Gasteiger partial charge on any atom is 0.737 e. The molecule has 1 saturated heterocycles. The van der Waals surface area contributed by atoms with Crippen LogP contribution in [0.25, 0.3) is 23.4 Å². The molecule has 1 atom stereocenters. The lowest BCUT2D eigenvalue weighted by molar-refractivity contribution is -0.870. The second-order valence-electron chi connectivity index (χ2n) is 38.7. The molecule has 0 saturated carbocycles. The molecule has 4 aromatic heterocycles. The molecule has 5 N–H and O–H groups in total.